The molecule has 0 aromatic carbocycles. The number of nitrogens with two attached hydrogens (primary N) is 1. The Labute approximate surface area is 66.2 Å². The number of aromatic amines is 1. The first-order chi connectivity index (χ1) is 5.43. The minimum Gasteiger partial charge on any atom is -0.348 e. The number of rotatable bonds is 5. The van der Waals surface area contributed by atoms with Crippen LogP contribution in [0.5, 0.6) is 0 Å². The molecule has 0 amide bonds. The van der Waals surface area contributed by atoms with Gasteiger partial charge in [0, 0.05) is 37.9 Å². The van der Waals surface area contributed by atoms with Crippen molar-refractivity contribution in [3.8, 4) is 0 Å². The molecule has 62 valence electrons. The molecule has 4 nitrogen and oxygen atoms in total. The molecule has 1 aromatic heterocycles. The van der Waals surface area contributed by atoms with Crippen molar-refractivity contribution in [1.29, 1.82) is 0 Å². The molecule has 11 heavy (non-hydrogen) atoms. The van der Waals surface area contributed by atoms with Crippen molar-refractivity contribution in [1.82, 2.24) is 15.3 Å². The van der Waals surface area contributed by atoms with E-state index >= 15 is 0 Å². The van der Waals surface area contributed by atoms with Crippen molar-refractivity contribution in [3.63, 3.8) is 0 Å². The van der Waals surface area contributed by atoms with Crippen molar-refractivity contribution in [2.45, 2.75) is 6.42 Å². The summed E-state index contributed by atoms with van der Waals surface area (Å²) in [5, 5.41) is 3.20. The maximum atomic E-state index is 5.31. The van der Waals surface area contributed by atoms with Crippen LogP contribution < -0.4 is 11.1 Å². The maximum Gasteiger partial charge on any atom is 0.0921 e. The topological polar surface area (TPSA) is 66.7 Å². The molecule has 0 unspecified atom stereocenters. The third-order valence-electron chi connectivity index (χ3n) is 1.45. The summed E-state index contributed by atoms with van der Waals surface area (Å²) in [6.07, 6.45) is 4.52. The molecule has 0 aliphatic heterocycles. The molecule has 0 radical (unpaired) electrons. The molecule has 4 heteroatoms. The van der Waals surface area contributed by atoms with Gasteiger partial charge >= 0.3 is 0 Å². The van der Waals surface area contributed by atoms with Gasteiger partial charge in [-0.25, -0.2) is 4.98 Å². The molecule has 0 bridgehead atoms. The first-order valence-electron chi connectivity index (χ1n) is 3.81. The van der Waals surface area contributed by atoms with Crippen LogP contribution in [0.15, 0.2) is 12.5 Å². The lowest BCUT2D eigenvalue weighted by molar-refractivity contribution is 0.683. The SMILES string of the molecule is NCCNCCc1cnc[nH]1. The van der Waals surface area contributed by atoms with Gasteiger partial charge in [0.15, 0.2) is 0 Å². The highest BCUT2D eigenvalue weighted by molar-refractivity contribution is 4.94. The fraction of sp³-hybridized carbons (Fsp3) is 0.571. The maximum absolute atomic E-state index is 5.31. The monoisotopic (exact) mass is 154 g/mol. The third kappa shape index (κ3) is 3.15. The molecule has 1 rings (SSSR count). The van der Waals surface area contributed by atoms with E-state index in [1.165, 1.54) is 0 Å². The van der Waals surface area contributed by atoms with Gasteiger partial charge in [-0.2, -0.15) is 0 Å². The van der Waals surface area contributed by atoms with E-state index in [1.54, 1.807) is 6.33 Å². The summed E-state index contributed by atoms with van der Waals surface area (Å²) in [7, 11) is 0. The first-order valence-corrected chi connectivity index (χ1v) is 3.81. The van der Waals surface area contributed by atoms with Crippen molar-refractivity contribution >= 4 is 0 Å². The van der Waals surface area contributed by atoms with Crippen LogP contribution in [0.2, 0.25) is 0 Å². The number of hydrogen-bond donors (Lipinski definition) is 3. The van der Waals surface area contributed by atoms with Crippen LogP contribution >= 0.6 is 0 Å². The predicted octanol–water partition coefficient (Wildman–Crippen LogP) is -0.500. The summed E-state index contributed by atoms with van der Waals surface area (Å²) in [5.41, 5.74) is 6.47. The van der Waals surface area contributed by atoms with Gasteiger partial charge < -0.3 is 16.0 Å². The summed E-state index contributed by atoms with van der Waals surface area (Å²) in [6.45, 7) is 2.54. The van der Waals surface area contributed by atoms with E-state index in [1.807, 2.05) is 6.20 Å². The highest BCUT2D eigenvalue weighted by Crippen LogP contribution is 1.89. The number of nitrogens with zero attached hydrogens (tertiary/aromatic N) is 1. The molecule has 0 spiro atoms. The van der Waals surface area contributed by atoms with Crippen LogP contribution in [0, 0.1) is 0 Å². The number of H-pyrrole nitrogens is 1. The molecule has 0 aliphatic rings. The van der Waals surface area contributed by atoms with Crippen LogP contribution in [-0.2, 0) is 6.42 Å². The highest BCUT2D eigenvalue weighted by Gasteiger charge is 1.91. The van der Waals surface area contributed by atoms with E-state index < -0.39 is 0 Å². The zero-order valence-corrected chi connectivity index (χ0v) is 6.51. The van der Waals surface area contributed by atoms with Crippen LogP contribution in [-0.4, -0.2) is 29.6 Å². The van der Waals surface area contributed by atoms with Crippen molar-refractivity contribution in [2.75, 3.05) is 19.6 Å². The smallest absolute Gasteiger partial charge is 0.0921 e. The Morgan fingerprint density at radius 1 is 1.55 bits per heavy atom. The van der Waals surface area contributed by atoms with Gasteiger partial charge in [-0.05, 0) is 0 Å². The predicted molar refractivity (Wildman–Crippen MR) is 44.2 cm³/mol. The Morgan fingerprint density at radius 3 is 3.09 bits per heavy atom. The molecule has 4 N–H and O–H groups in total. The van der Waals surface area contributed by atoms with Gasteiger partial charge in [0.05, 0.1) is 6.33 Å². The van der Waals surface area contributed by atoms with Crippen molar-refractivity contribution in [2.24, 2.45) is 5.73 Å². The normalized spacial score (nSPS) is 10.3. The molecule has 0 saturated carbocycles. The Kier molecular flexibility index (Phi) is 3.64. The van der Waals surface area contributed by atoms with Crippen molar-refractivity contribution in [3.05, 3.63) is 18.2 Å². The Hall–Kier alpha value is -0.870. The highest BCUT2D eigenvalue weighted by atomic mass is 14.9. The van der Waals surface area contributed by atoms with Gasteiger partial charge in [-0.1, -0.05) is 0 Å². The van der Waals surface area contributed by atoms with Gasteiger partial charge in [0.1, 0.15) is 0 Å². The Balaban J connectivity index is 2.04. The summed E-state index contributed by atoms with van der Waals surface area (Å²) >= 11 is 0. The van der Waals surface area contributed by atoms with Gasteiger partial charge in [-0.15, -0.1) is 0 Å². The number of aromatic nitrogens is 2. The number of imidazole rings is 1. The second-order valence-corrected chi connectivity index (χ2v) is 2.37. The molecule has 0 atom stereocenters. The standard InChI is InChI=1S/C7H14N4/c8-2-4-9-3-1-7-5-10-6-11-7/h5-6,9H,1-4,8H2,(H,10,11). The first kappa shape index (κ1) is 8.23. The van der Waals surface area contributed by atoms with Crippen LogP contribution in [0.4, 0.5) is 0 Å². The minimum atomic E-state index is 0.697. The van der Waals surface area contributed by atoms with E-state index in [0.29, 0.717) is 6.54 Å². The Bertz CT molecular complexity index is 171. The average molecular weight is 154 g/mol. The molecular formula is C7H14N4. The van der Waals surface area contributed by atoms with E-state index in [9.17, 15) is 0 Å². The summed E-state index contributed by atoms with van der Waals surface area (Å²) in [6, 6.07) is 0. The van der Waals surface area contributed by atoms with Crippen LogP contribution in [0.25, 0.3) is 0 Å². The van der Waals surface area contributed by atoms with Gasteiger partial charge in [0.25, 0.3) is 0 Å². The third-order valence-corrected chi connectivity index (χ3v) is 1.45. The van der Waals surface area contributed by atoms with Crippen molar-refractivity contribution < 1.29 is 0 Å². The van der Waals surface area contributed by atoms with E-state index in [0.717, 1.165) is 25.2 Å². The molecule has 1 heterocycles. The molecule has 1 aromatic rings. The summed E-state index contributed by atoms with van der Waals surface area (Å²) in [4.78, 5) is 6.94. The molecule has 0 fully saturated rings. The molecule has 0 aliphatic carbocycles. The second-order valence-electron chi connectivity index (χ2n) is 2.37. The lowest BCUT2D eigenvalue weighted by Crippen LogP contribution is -2.24. The lowest BCUT2D eigenvalue weighted by Gasteiger charge is -1.99. The fourth-order valence-corrected chi connectivity index (χ4v) is 0.872. The largest absolute Gasteiger partial charge is 0.348 e. The number of nitrogens with one attached hydrogen (secondary N) is 2. The van der Waals surface area contributed by atoms with E-state index in [4.69, 9.17) is 5.73 Å². The zero-order valence-electron chi connectivity index (χ0n) is 6.51. The van der Waals surface area contributed by atoms with Crippen LogP contribution in [0.3, 0.4) is 0 Å². The fourth-order valence-electron chi connectivity index (χ4n) is 0.872. The minimum absolute atomic E-state index is 0.697. The Morgan fingerprint density at radius 2 is 2.45 bits per heavy atom. The quantitative estimate of drug-likeness (QED) is 0.501. The van der Waals surface area contributed by atoms with Gasteiger partial charge in [0.2, 0.25) is 0 Å². The second kappa shape index (κ2) is 4.87. The van der Waals surface area contributed by atoms with E-state index in [-0.39, 0.29) is 0 Å². The molecular weight excluding hydrogens is 140 g/mol. The number of hydrogen-bond acceptors (Lipinski definition) is 3. The van der Waals surface area contributed by atoms with Gasteiger partial charge in [-0.3, -0.25) is 0 Å². The van der Waals surface area contributed by atoms with E-state index in [2.05, 4.69) is 15.3 Å². The zero-order chi connectivity index (χ0) is 7.94. The van der Waals surface area contributed by atoms with Crippen LogP contribution in [0.1, 0.15) is 5.69 Å². The average Bonchev–Trinajstić information content (AvgIpc) is 2.50. The summed E-state index contributed by atoms with van der Waals surface area (Å²) in [5.74, 6) is 0. The lowest BCUT2D eigenvalue weighted by atomic mass is 10.3. The summed E-state index contributed by atoms with van der Waals surface area (Å²) < 4.78 is 0. The molecule has 0 saturated heterocycles.